The van der Waals surface area contributed by atoms with Gasteiger partial charge in [-0.2, -0.15) is 5.10 Å². The molecule has 2 saturated carbocycles. The highest BCUT2D eigenvalue weighted by atomic mass is 16.2. The molecule has 2 heterocycles. The number of hydrogen-bond donors (Lipinski definition) is 1. The van der Waals surface area contributed by atoms with Crippen molar-refractivity contribution in [2.45, 2.75) is 38.3 Å². The summed E-state index contributed by atoms with van der Waals surface area (Å²) in [6.45, 7) is 0.228. The molecule has 116 valence electrons. The second kappa shape index (κ2) is 4.97. The number of aryl methyl sites for hydroxylation is 1. The molecule has 2 aromatic heterocycles. The van der Waals surface area contributed by atoms with E-state index in [0.717, 1.165) is 0 Å². The van der Waals surface area contributed by atoms with Crippen LogP contribution in [-0.2, 0) is 18.4 Å². The van der Waals surface area contributed by atoms with E-state index in [1.54, 1.807) is 28.7 Å². The van der Waals surface area contributed by atoms with Crippen molar-refractivity contribution >= 4 is 16.9 Å². The second-order valence-electron chi connectivity index (χ2n) is 6.58. The molecule has 0 bridgehead atoms. The predicted octanol–water partition coefficient (Wildman–Crippen LogP) is 1.04. The zero-order valence-corrected chi connectivity index (χ0v) is 12.7. The highest BCUT2D eigenvalue weighted by Crippen LogP contribution is 2.44. The molecule has 4 rings (SSSR count). The van der Waals surface area contributed by atoms with Gasteiger partial charge in [0.15, 0.2) is 5.43 Å². The molecule has 1 N–H and O–H groups in total. The summed E-state index contributed by atoms with van der Waals surface area (Å²) in [5, 5.41) is 7.89. The molecule has 1 amide bonds. The normalized spacial score (nSPS) is 18.1. The summed E-state index contributed by atoms with van der Waals surface area (Å²) in [5.74, 6) is 1.39. The Labute approximate surface area is 128 Å². The van der Waals surface area contributed by atoms with Crippen molar-refractivity contribution in [3.05, 3.63) is 28.7 Å². The first-order chi connectivity index (χ1) is 10.6. The van der Waals surface area contributed by atoms with Gasteiger partial charge in [0.1, 0.15) is 12.2 Å². The maximum atomic E-state index is 12.4. The third-order valence-corrected chi connectivity index (χ3v) is 4.75. The van der Waals surface area contributed by atoms with E-state index in [1.807, 2.05) is 0 Å². The Kier molecular flexibility index (Phi) is 3.06. The Hall–Kier alpha value is -2.11. The van der Waals surface area contributed by atoms with Crippen molar-refractivity contribution in [2.24, 2.45) is 18.9 Å². The van der Waals surface area contributed by atoms with Crippen molar-refractivity contribution in [1.82, 2.24) is 19.7 Å². The number of carbonyl (C=O) groups excluding carboxylic acids is 1. The van der Waals surface area contributed by atoms with Crippen LogP contribution >= 0.6 is 0 Å². The average Bonchev–Trinajstić information content (AvgIpc) is 3.39. The van der Waals surface area contributed by atoms with Gasteiger partial charge in [0.2, 0.25) is 5.91 Å². The number of hydrogen-bond acceptors (Lipinski definition) is 3. The fourth-order valence-electron chi connectivity index (χ4n) is 3.31. The van der Waals surface area contributed by atoms with Crippen LogP contribution < -0.4 is 10.7 Å². The number of carbonyl (C=O) groups is 1. The van der Waals surface area contributed by atoms with Crippen LogP contribution in [-0.4, -0.2) is 26.3 Å². The van der Waals surface area contributed by atoms with E-state index in [-0.39, 0.29) is 17.9 Å². The minimum atomic E-state index is -0.0615. The van der Waals surface area contributed by atoms with Crippen LogP contribution in [0.5, 0.6) is 0 Å². The summed E-state index contributed by atoms with van der Waals surface area (Å²) in [7, 11) is 1.79. The molecule has 6 nitrogen and oxygen atoms in total. The van der Waals surface area contributed by atoms with Gasteiger partial charge in [0.25, 0.3) is 0 Å². The lowest BCUT2D eigenvalue weighted by atomic mass is 10.1. The third-order valence-electron chi connectivity index (χ3n) is 4.75. The van der Waals surface area contributed by atoms with Gasteiger partial charge in [0, 0.05) is 25.4 Å². The third kappa shape index (κ3) is 2.42. The van der Waals surface area contributed by atoms with E-state index >= 15 is 0 Å². The predicted molar refractivity (Wildman–Crippen MR) is 82.4 cm³/mol. The quantitative estimate of drug-likeness (QED) is 0.897. The Balaban J connectivity index is 1.55. The molecule has 0 saturated heterocycles. The lowest BCUT2D eigenvalue weighted by Gasteiger charge is -2.18. The molecule has 2 aromatic rings. The van der Waals surface area contributed by atoms with Gasteiger partial charge in [0.05, 0.1) is 11.6 Å². The molecular weight excluding hydrogens is 280 g/mol. The van der Waals surface area contributed by atoms with Crippen LogP contribution in [0, 0.1) is 11.8 Å². The highest BCUT2D eigenvalue weighted by Gasteiger charge is 2.42. The molecule has 0 atom stereocenters. The zero-order chi connectivity index (χ0) is 15.3. The van der Waals surface area contributed by atoms with Crippen LogP contribution in [0.25, 0.3) is 11.0 Å². The minimum Gasteiger partial charge on any atom is -0.351 e. The van der Waals surface area contributed by atoms with Gasteiger partial charge in [-0.15, -0.1) is 0 Å². The first kappa shape index (κ1) is 13.5. The Morgan fingerprint density at radius 1 is 1.36 bits per heavy atom. The molecular formula is C16H20N4O2. The molecule has 0 unspecified atom stereocenters. The summed E-state index contributed by atoms with van der Waals surface area (Å²) in [6.07, 6.45) is 8.20. The molecule has 2 aliphatic carbocycles. The first-order valence-electron chi connectivity index (χ1n) is 7.94. The monoisotopic (exact) mass is 300 g/mol. The maximum Gasteiger partial charge on any atom is 0.240 e. The van der Waals surface area contributed by atoms with E-state index in [2.05, 4.69) is 10.4 Å². The minimum absolute atomic E-state index is 0.0231. The van der Waals surface area contributed by atoms with E-state index in [1.165, 1.54) is 31.7 Å². The number of rotatable bonds is 5. The van der Waals surface area contributed by atoms with Crippen LogP contribution in [0.15, 0.2) is 23.3 Å². The highest BCUT2D eigenvalue weighted by molar-refractivity contribution is 5.80. The van der Waals surface area contributed by atoms with Crippen molar-refractivity contribution in [1.29, 1.82) is 0 Å². The molecule has 0 aromatic carbocycles. The number of fused-ring (bicyclic) bond motifs is 1. The van der Waals surface area contributed by atoms with E-state index in [0.29, 0.717) is 28.9 Å². The molecule has 0 spiro atoms. The zero-order valence-electron chi connectivity index (χ0n) is 12.7. The summed E-state index contributed by atoms with van der Waals surface area (Å²) in [4.78, 5) is 24.2. The lowest BCUT2D eigenvalue weighted by molar-refractivity contribution is -0.122. The van der Waals surface area contributed by atoms with Crippen LogP contribution in [0.3, 0.4) is 0 Å². The van der Waals surface area contributed by atoms with Crippen molar-refractivity contribution in [3.8, 4) is 0 Å². The van der Waals surface area contributed by atoms with Crippen LogP contribution in [0.2, 0.25) is 0 Å². The molecule has 6 heteroatoms. The molecule has 0 radical (unpaired) electrons. The standard InChI is InChI=1S/C16H20N4O2/c1-19-16-12(8-17-19)13(21)6-7-20(16)9-14(22)18-15(10-2-3-10)11-4-5-11/h6-8,10-11,15H,2-5,9H2,1H3,(H,18,22). The number of amides is 1. The molecule has 0 aliphatic heterocycles. The van der Waals surface area contributed by atoms with E-state index in [9.17, 15) is 9.59 Å². The second-order valence-corrected chi connectivity index (χ2v) is 6.58. The lowest BCUT2D eigenvalue weighted by Crippen LogP contribution is -2.40. The molecule has 22 heavy (non-hydrogen) atoms. The molecule has 2 fully saturated rings. The largest absolute Gasteiger partial charge is 0.351 e. The number of pyridine rings is 1. The number of aromatic nitrogens is 3. The van der Waals surface area contributed by atoms with Crippen molar-refractivity contribution in [2.75, 3.05) is 0 Å². The summed E-state index contributed by atoms with van der Waals surface area (Å²) in [5.41, 5.74) is 0.630. The Bertz CT molecular complexity index is 771. The average molecular weight is 300 g/mol. The van der Waals surface area contributed by atoms with Gasteiger partial charge in [-0.1, -0.05) is 0 Å². The topological polar surface area (TPSA) is 68.9 Å². The number of nitrogens with zero attached hydrogens (tertiary/aromatic N) is 3. The van der Waals surface area contributed by atoms with Gasteiger partial charge >= 0.3 is 0 Å². The smallest absolute Gasteiger partial charge is 0.240 e. The van der Waals surface area contributed by atoms with Gasteiger partial charge in [-0.3, -0.25) is 14.3 Å². The number of nitrogens with one attached hydrogen (secondary N) is 1. The first-order valence-corrected chi connectivity index (χ1v) is 7.94. The van der Waals surface area contributed by atoms with Crippen molar-refractivity contribution < 1.29 is 4.79 Å². The fraction of sp³-hybridized carbons (Fsp3) is 0.562. The van der Waals surface area contributed by atoms with Gasteiger partial charge in [-0.05, 0) is 37.5 Å². The Morgan fingerprint density at radius 2 is 2.05 bits per heavy atom. The van der Waals surface area contributed by atoms with E-state index < -0.39 is 0 Å². The molecule has 2 aliphatic rings. The Morgan fingerprint density at radius 3 is 2.68 bits per heavy atom. The van der Waals surface area contributed by atoms with E-state index in [4.69, 9.17) is 0 Å². The fourth-order valence-corrected chi connectivity index (χ4v) is 3.31. The maximum absolute atomic E-state index is 12.4. The van der Waals surface area contributed by atoms with Crippen LogP contribution in [0.1, 0.15) is 25.7 Å². The van der Waals surface area contributed by atoms with Crippen molar-refractivity contribution in [3.63, 3.8) is 0 Å². The van der Waals surface area contributed by atoms with Gasteiger partial charge in [-0.25, -0.2) is 0 Å². The summed E-state index contributed by atoms with van der Waals surface area (Å²) < 4.78 is 3.44. The summed E-state index contributed by atoms with van der Waals surface area (Å²) >= 11 is 0. The SMILES string of the molecule is Cn1ncc2c(=O)ccn(CC(=O)NC(C3CC3)C3CC3)c21. The van der Waals surface area contributed by atoms with Crippen LogP contribution in [0.4, 0.5) is 0 Å². The van der Waals surface area contributed by atoms with Gasteiger partial charge < -0.3 is 9.88 Å². The summed E-state index contributed by atoms with van der Waals surface area (Å²) in [6, 6.07) is 1.85.